The number of rotatable bonds is 15. The van der Waals surface area contributed by atoms with Gasteiger partial charge in [-0.05, 0) is 65.4 Å². The molecule has 0 N–H and O–H groups in total. The van der Waals surface area contributed by atoms with Gasteiger partial charge in [0, 0.05) is 17.7 Å². The summed E-state index contributed by atoms with van der Waals surface area (Å²) in [5.41, 5.74) is 5.75. The van der Waals surface area contributed by atoms with Crippen molar-refractivity contribution in [1.82, 2.24) is 0 Å². The van der Waals surface area contributed by atoms with Crippen molar-refractivity contribution in [3.63, 3.8) is 0 Å². The summed E-state index contributed by atoms with van der Waals surface area (Å²) in [6.07, 6.45) is -1.54. The first-order chi connectivity index (χ1) is 24.5. The van der Waals surface area contributed by atoms with Gasteiger partial charge in [0.05, 0.1) is 26.4 Å². The number of hydrogen-bond acceptors (Lipinski definition) is 6. The zero-order valence-corrected chi connectivity index (χ0v) is 29.3. The van der Waals surface area contributed by atoms with Crippen LogP contribution in [0, 0.1) is 0 Å². The molecule has 6 rings (SSSR count). The Hall–Kier alpha value is -4.43. The first kappa shape index (κ1) is 35.4. The number of halogens is 1. The van der Waals surface area contributed by atoms with Gasteiger partial charge < -0.3 is 28.4 Å². The molecule has 1 aliphatic rings. The molecule has 0 spiro atoms. The van der Waals surface area contributed by atoms with E-state index in [2.05, 4.69) is 6.58 Å². The average Bonchev–Trinajstić information content (AvgIpc) is 3.16. The lowest BCUT2D eigenvalue weighted by Gasteiger charge is -2.49. The Balaban J connectivity index is 1.39. The average molecular weight is 691 g/mol. The van der Waals surface area contributed by atoms with E-state index in [1.807, 2.05) is 140 Å². The maximum Gasteiger partial charge on any atom is 0.265 e. The second-order valence-corrected chi connectivity index (χ2v) is 12.6. The summed E-state index contributed by atoms with van der Waals surface area (Å²) in [5, 5.41) is 0.631. The molecule has 1 heterocycles. The van der Waals surface area contributed by atoms with E-state index in [0.717, 1.165) is 39.1 Å². The third kappa shape index (κ3) is 8.47. The smallest absolute Gasteiger partial charge is 0.265 e. The Labute approximate surface area is 300 Å². The van der Waals surface area contributed by atoms with Gasteiger partial charge in [0.2, 0.25) is 0 Å². The van der Waals surface area contributed by atoms with Crippen LogP contribution in [-0.4, -0.2) is 32.0 Å². The Kier molecular flexibility index (Phi) is 12.0. The number of methoxy groups -OCH3 is 1. The van der Waals surface area contributed by atoms with Gasteiger partial charge in [-0.15, -0.1) is 0 Å². The molecule has 1 aliphatic heterocycles. The Morgan fingerprint density at radius 2 is 1.24 bits per heavy atom. The van der Waals surface area contributed by atoms with E-state index >= 15 is 0 Å². The van der Waals surface area contributed by atoms with Crippen molar-refractivity contribution in [2.75, 3.05) is 13.7 Å². The van der Waals surface area contributed by atoms with Crippen molar-refractivity contribution in [2.45, 2.75) is 57.3 Å². The van der Waals surface area contributed by atoms with Crippen molar-refractivity contribution >= 4 is 11.6 Å². The summed E-state index contributed by atoms with van der Waals surface area (Å²) >= 11 is 6.83. The second-order valence-electron chi connectivity index (χ2n) is 12.2. The van der Waals surface area contributed by atoms with Gasteiger partial charge >= 0.3 is 0 Å². The molecule has 6 nitrogen and oxygen atoms in total. The summed E-state index contributed by atoms with van der Waals surface area (Å²) < 4.78 is 39.0. The van der Waals surface area contributed by atoms with Gasteiger partial charge in [-0.2, -0.15) is 0 Å². The largest absolute Gasteiger partial charge is 0.494 e. The third-order valence-corrected chi connectivity index (χ3v) is 9.15. The first-order valence-electron chi connectivity index (χ1n) is 16.9. The Morgan fingerprint density at radius 1 is 0.680 bits per heavy atom. The fourth-order valence-electron chi connectivity index (χ4n) is 6.24. The van der Waals surface area contributed by atoms with Crippen molar-refractivity contribution in [3.05, 3.63) is 184 Å². The highest BCUT2D eigenvalue weighted by atomic mass is 35.5. The lowest BCUT2D eigenvalue weighted by molar-refractivity contribution is -0.338. The highest BCUT2D eigenvalue weighted by Crippen LogP contribution is 2.45. The third-order valence-electron chi connectivity index (χ3n) is 8.78. The Morgan fingerprint density at radius 3 is 1.80 bits per heavy atom. The van der Waals surface area contributed by atoms with Crippen LogP contribution in [-0.2, 0) is 55.7 Å². The minimum absolute atomic E-state index is 0.287. The van der Waals surface area contributed by atoms with Crippen molar-refractivity contribution in [2.24, 2.45) is 0 Å². The predicted molar refractivity (Wildman–Crippen MR) is 196 cm³/mol. The normalized spacial score (nSPS) is 20.3. The lowest BCUT2D eigenvalue weighted by Crippen LogP contribution is -2.61. The quantitative estimate of drug-likeness (QED) is 0.109. The summed E-state index contributed by atoms with van der Waals surface area (Å²) in [6, 6.07) is 43.9. The molecule has 5 aromatic carbocycles. The van der Waals surface area contributed by atoms with Crippen LogP contribution < -0.4 is 4.74 Å². The number of hydrogen-bond donors (Lipinski definition) is 0. The zero-order chi connectivity index (χ0) is 34.8. The standard InChI is InChI=1S/C43H43ClO6/c1-4-46-38-23-20-32(21-24-38)26-36-27-37(22-25-39(36)44)43(45-3)42(49-30-35-18-12-7-13-19-35)41(48-29-34-16-10-6-11-17-34)40(31(2)50-43)47-28-33-14-8-5-9-15-33/h5-25,27,40-42H,2,4,26,28-30H2,1,3H3. The highest BCUT2D eigenvalue weighted by molar-refractivity contribution is 6.31. The summed E-state index contributed by atoms with van der Waals surface area (Å²) in [5.74, 6) is -0.242. The minimum Gasteiger partial charge on any atom is -0.494 e. The van der Waals surface area contributed by atoms with Crippen LogP contribution >= 0.6 is 11.6 Å². The van der Waals surface area contributed by atoms with Gasteiger partial charge in [0.15, 0.2) is 6.10 Å². The van der Waals surface area contributed by atoms with Crippen LogP contribution in [0.3, 0.4) is 0 Å². The molecule has 0 amide bonds. The lowest BCUT2D eigenvalue weighted by atomic mass is 9.87. The van der Waals surface area contributed by atoms with E-state index in [0.29, 0.717) is 37.0 Å². The van der Waals surface area contributed by atoms with Crippen LogP contribution in [0.25, 0.3) is 0 Å². The van der Waals surface area contributed by atoms with E-state index < -0.39 is 24.1 Å². The van der Waals surface area contributed by atoms with E-state index in [9.17, 15) is 0 Å². The molecule has 7 heteroatoms. The summed E-state index contributed by atoms with van der Waals surface area (Å²) in [4.78, 5) is 0. The van der Waals surface area contributed by atoms with E-state index in [1.165, 1.54) is 0 Å². The molecule has 0 aromatic heterocycles. The van der Waals surface area contributed by atoms with Crippen molar-refractivity contribution in [1.29, 1.82) is 0 Å². The molecule has 5 aromatic rings. The van der Waals surface area contributed by atoms with E-state index in [1.54, 1.807) is 7.11 Å². The molecule has 4 atom stereocenters. The SMILES string of the molecule is C=C1OC(OC)(c2ccc(Cl)c(Cc3ccc(OCC)cc3)c2)C(OCc2ccccc2)C(OCc2ccccc2)C1OCc1ccccc1. The van der Waals surface area contributed by atoms with Crippen molar-refractivity contribution in [3.8, 4) is 5.75 Å². The molecular formula is C43H43ClO6. The predicted octanol–water partition coefficient (Wildman–Crippen LogP) is 9.43. The van der Waals surface area contributed by atoms with Crippen molar-refractivity contribution < 1.29 is 28.4 Å². The molecule has 1 saturated heterocycles. The molecule has 0 bridgehead atoms. The van der Waals surface area contributed by atoms with E-state index in [-0.39, 0.29) is 6.61 Å². The van der Waals surface area contributed by atoms with Gasteiger partial charge in [-0.3, -0.25) is 0 Å². The topological polar surface area (TPSA) is 55.4 Å². The highest BCUT2D eigenvalue weighted by Gasteiger charge is 2.57. The molecular weight excluding hydrogens is 648 g/mol. The number of benzene rings is 5. The molecule has 0 saturated carbocycles. The Bertz CT molecular complexity index is 1800. The molecule has 50 heavy (non-hydrogen) atoms. The zero-order valence-electron chi connectivity index (χ0n) is 28.5. The molecule has 0 radical (unpaired) electrons. The molecule has 0 aliphatic carbocycles. The minimum atomic E-state index is -1.45. The van der Waals surface area contributed by atoms with Gasteiger partial charge in [0.1, 0.15) is 23.7 Å². The van der Waals surface area contributed by atoms with Crippen LogP contribution in [0.2, 0.25) is 5.02 Å². The van der Waals surface area contributed by atoms with Gasteiger partial charge in [0.25, 0.3) is 5.79 Å². The maximum absolute atomic E-state index is 6.84. The van der Waals surface area contributed by atoms with Crippen LogP contribution in [0.5, 0.6) is 5.75 Å². The van der Waals surface area contributed by atoms with Crippen LogP contribution in [0.1, 0.15) is 40.3 Å². The monoisotopic (exact) mass is 690 g/mol. The van der Waals surface area contributed by atoms with E-state index in [4.69, 9.17) is 40.0 Å². The van der Waals surface area contributed by atoms with Gasteiger partial charge in [-0.25, -0.2) is 0 Å². The van der Waals surface area contributed by atoms with Gasteiger partial charge in [-0.1, -0.05) is 127 Å². The summed E-state index contributed by atoms with van der Waals surface area (Å²) in [7, 11) is 1.62. The molecule has 1 fully saturated rings. The molecule has 258 valence electrons. The van der Waals surface area contributed by atoms with Crippen LogP contribution in [0.15, 0.2) is 146 Å². The fourth-order valence-corrected chi connectivity index (χ4v) is 6.42. The van der Waals surface area contributed by atoms with Crippen LogP contribution in [0.4, 0.5) is 0 Å². The maximum atomic E-state index is 6.84. The number of ether oxygens (including phenoxy) is 6. The molecule has 4 unspecified atom stereocenters. The first-order valence-corrected chi connectivity index (χ1v) is 17.3. The second kappa shape index (κ2) is 17.0. The fraction of sp³-hybridized carbons (Fsp3) is 0.256. The summed E-state index contributed by atoms with van der Waals surface area (Å²) in [6.45, 7) is 7.88.